The molecule has 0 saturated carbocycles. The standard InChI is InChI=1S/C10H6BrF3O3/c11-4-9(16)8-2-1-7(3-6(8)5-15)17-10(12,13)14/h1-3,5H,4H2. The van der Waals surface area contributed by atoms with Gasteiger partial charge in [0, 0.05) is 11.1 Å². The molecule has 0 radical (unpaired) electrons. The molecule has 3 nitrogen and oxygen atoms in total. The van der Waals surface area contributed by atoms with Crippen LogP contribution in [-0.4, -0.2) is 23.8 Å². The number of hydrogen-bond acceptors (Lipinski definition) is 3. The van der Waals surface area contributed by atoms with Gasteiger partial charge in [-0.2, -0.15) is 0 Å². The van der Waals surface area contributed by atoms with Gasteiger partial charge in [-0.15, -0.1) is 13.2 Å². The van der Waals surface area contributed by atoms with Gasteiger partial charge in [-0.05, 0) is 18.2 Å². The smallest absolute Gasteiger partial charge is 0.406 e. The molecule has 0 saturated heterocycles. The van der Waals surface area contributed by atoms with Crippen LogP contribution in [0, 0.1) is 0 Å². The first-order valence-electron chi connectivity index (χ1n) is 4.31. The molecule has 1 rings (SSSR count). The second-order valence-corrected chi connectivity index (χ2v) is 3.53. The summed E-state index contributed by atoms with van der Waals surface area (Å²) in [6.45, 7) is 0. The van der Waals surface area contributed by atoms with E-state index in [1.165, 1.54) is 0 Å². The van der Waals surface area contributed by atoms with E-state index in [1.807, 2.05) is 0 Å². The lowest BCUT2D eigenvalue weighted by atomic mass is 10.1. The van der Waals surface area contributed by atoms with Crippen molar-refractivity contribution < 1.29 is 27.5 Å². The highest BCUT2D eigenvalue weighted by atomic mass is 79.9. The van der Waals surface area contributed by atoms with Gasteiger partial charge in [-0.3, -0.25) is 9.59 Å². The summed E-state index contributed by atoms with van der Waals surface area (Å²) in [5.41, 5.74) is -0.0948. The van der Waals surface area contributed by atoms with Gasteiger partial charge in [-0.25, -0.2) is 0 Å². The summed E-state index contributed by atoms with van der Waals surface area (Å²) in [6, 6.07) is 2.97. The van der Waals surface area contributed by atoms with Crippen LogP contribution in [0.15, 0.2) is 18.2 Å². The number of carbonyl (C=O) groups is 2. The third-order valence-corrected chi connectivity index (χ3v) is 2.31. The number of Topliss-reactive ketones (excluding diaryl/α,β-unsaturated/α-hetero) is 1. The van der Waals surface area contributed by atoms with Crippen molar-refractivity contribution in [3.05, 3.63) is 29.3 Å². The van der Waals surface area contributed by atoms with Crippen LogP contribution in [0.3, 0.4) is 0 Å². The molecule has 0 heterocycles. The number of alkyl halides is 4. The van der Waals surface area contributed by atoms with Crippen LogP contribution in [0.5, 0.6) is 5.75 Å². The zero-order chi connectivity index (χ0) is 13.1. The van der Waals surface area contributed by atoms with Gasteiger partial charge in [0.2, 0.25) is 0 Å². The zero-order valence-corrected chi connectivity index (χ0v) is 9.84. The summed E-state index contributed by atoms with van der Waals surface area (Å²) >= 11 is 2.91. The Morgan fingerprint density at radius 3 is 2.53 bits per heavy atom. The minimum absolute atomic E-state index is 0.0205. The Balaban J connectivity index is 3.09. The number of ether oxygens (including phenoxy) is 1. The van der Waals surface area contributed by atoms with Crippen molar-refractivity contribution in [2.24, 2.45) is 0 Å². The van der Waals surface area contributed by atoms with Crippen molar-refractivity contribution in [1.82, 2.24) is 0 Å². The lowest BCUT2D eigenvalue weighted by Crippen LogP contribution is -2.17. The van der Waals surface area contributed by atoms with Crippen molar-refractivity contribution in [2.75, 3.05) is 5.33 Å². The van der Waals surface area contributed by atoms with Gasteiger partial charge in [0.05, 0.1) is 5.33 Å². The Labute approximate surface area is 103 Å². The first-order valence-corrected chi connectivity index (χ1v) is 5.43. The van der Waals surface area contributed by atoms with E-state index in [0.717, 1.165) is 18.2 Å². The molecule has 0 spiro atoms. The van der Waals surface area contributed by atoms with Crippen molar-refractivity contribution in [2.45, 2.75) is 6.36 Å². The normalized spacial score (nSPS) is 11.1. The molecule has 1 aromatic carbocycles. The van der Waals surface area contributed by atoms with E-state index in [2.05, 4.69) is 20.7 Å². The van der Waals surface area contributed by atoms with Crippen LogP contribution in [0.25, 0.3) is 0 Å². The molecular formula is C10H6BrF3O3. The summed E-state index contributed by atoms with van der Waals surface area (Å²) in [5.74, 6) is -0.934. The predicted molar refractivity (Wildman–Crippen MR) is 56.6 cm³/mol. The second kappa shape index (κ2) is 5.31. The number of halogens is 4. The number of hydrogen-bond donors (Lipinski definition) is 0. The monoisotopic (exact) mass is 310 g/mol. The molecule has 92 valence electrons. The Bertz CT molecular complexity index is 443. The molecule has 0 aliphatic carbocycles. The third-order valence-electron chi connectivity index (χ3n) is 1.81. The molecule has 0 aliphatic rings. The van der Waals surface area contributed by atoms with Crippen LogP contribution >= 0.6 is 15.9 Å². The van der Waals surface area contributed by atoms with Crippen LogP contribution in [0.1, 0.15) is 20.7 Å². The number of aldehydes is 1. The number of ketones is 1. The Morgan fingerprint density at radius 2 is 2.06 bits per heavy atom. The lowest BCUT2D eigenvalue weighted by molar-refractivity contribution is -0.274. The molecule has 7 heteroatoms. The van der Waals surface area contributed by atoms with E-state index >= 15 is 0 Å². The van der Waals surface area contributed by atoms with Crippen molar-refractivity contribution in [3.63, 3.8) is 0 Å². The quantitative estimate of drug-likeness (QED) is 0.488. The maximum absolute atomic E-state index is 11.9. The van der Waals surface area contributed by atoms with Crippen LogP contribution < -0.4 is 4.74 Å². The lowest BCUT2D eigenvalue weighted by Gasteiger charge is -2.10. The summed E-state index contributed by atoms with van der Waals surface area (Å²) < 4.78 is 39.4. The number of carbonyl (C=O) groups excluding carboxylic acids is 2. The highest BCUT2D eigenvalue weighted by molar-refractivity contribution is 9.09. The van der Waals surface area contributed by atoms with Gasteiger partial charge in [-0.1, -0.05) is 15.9 Å². The molecule has 0 aromatic heterocycles. The average Bonchev–Trinajstić information content (AvgIpc) is 2.25. The van der Waals surface area contributed by atoms with Gasteiger partial charge < -0.3 is 4.74 Å². The van der Waals surface area contributed by atoms with Crippen LogP contribution in [0.2, 0.25) is 0 Å². The van der Waals surface area contributed by atoms with Gasteiger partial charge in [0.25, 0.3) is 0 Å². The fraction of sp³-hybridized carbons (Fsp3) is 0.200. The molecule has 0 fully saturated rings. The van der Waals surface area contributed by atoms with Gasteiger partial charge >= 0.3 is 6.36 Å². The minimum Gasteiger partial charge on any atom is -0.406 e. The predicted octanol–water partition coefficient (Wildman–Crippen LogP) is 2.98. The molecule has 0 atom stereocenters. The second-order valence-electron chi connectivity index (χ2n) is 2.97. The highest BCUT2D eigenvalue weighted by Crippen LogP contribution is 2.24. The molecule has 0 N–H and O–H groups in total. The molecule has 0 bridgehead atoms. The van der Waals surface area contributed by atoms with Gasteiger partial charge in [0.1, 0.15) is 5.75 Å². The SMILES string of the molecule is O=Cc1cc(OC(F)(F)F)ccc1C(=O)CBr. The fourth-order valence-electron chi connectivity index (χ4n) is 1.16. The molecule has 0 aliphatic heterocycles. The maximum Gasteiger partial charge on any atom is 0.573 e. The zero-order valence-electron chi connectivity index (χ0n) is 8.25. The fourth-order valence-corrected chi connectivity index (χ4v) is 1.46. The highest BCUT2D eigenvalue weighted by Gasteiger charge is 2.31. The van der Waals surface area contributed by atoms with E-state index in [0.29, 0.717) is 6.29 Å². The molecular weight excluding hydrogens is 305 g/mol. The van der Waals surface area contributed by atoms with Crippen LogP contribution in [-0.2, 0) is 0 Å². The molecule has 0 unspecified atom stereocenters. The molecule has 17 heavy (non-hydrogen) atoms. The van der Waals surface area contributed by atoms with Crippen LogP contribution in [0.4, 0.5) is 13.2 Å². The summed E-state index contributed by atoms with van der Waals surface area (Å²) in [4.78, 5) is 22.0. The minimum atomic E-state index is -4.83. The molecule has 0 amide bonds. The van der Waals surface area contributed by atoms with Gasteiger partial charge in [0.15, 0.2) is 12.1 Å². The first-order chi connectivity index (χ1) is 7.87. The van der Waals surface area contributed by atoms with Crippen molar-refractivity contribution in [1.29, 1.82) is 0 Å². The van der Waals surface area contributed by atoms with E-state index in [-0.39, 0.29) is 16.5 Å². The van der Waals surface area contributed by atoms with Crippen molar-refractivity contribution in [3.8, 4) is 5.75 Å². The van der Waals surface area contributed by atoms with E-state index in [9.17, 15) is 22.8 Å². The Morgan fingerprint density at radius 1 is 1.41 bits per heavy atom. The van der Waals surface area contributed by atoms with E-state index in [4.69, 9.17) is 0 Å². The maximum atomic E-state index is 11.9. The largest absolute Gasteiger partial charge is 0.573 e. The first kappa shape index (κ1) is 13.7. The number of rotatable bonds is 4. The summed E-state index contributed by atoms with van der Waals surface area (Å²) in [7, 11) is 0. The summed E-state index contributed by atoms with van der Waals surface area (Å²) in [5, 5.41) is -0.0205. The van der Waals surface area contributed by atoms with Crippen molar-refractivity contribution >= 4 is 28.0 Å². The summed E-state index contributed by atoms with van der Waals surface area (Å²) in [6.07, 6.45) is -4.53. The number of benzene rings is 1. The molecule has 1 aromatic rings. The average molecular weight is 311 g/mol. The van der Waals surface area contributed by atoms with E-state index in [1.54, 1.807) is 0 Å². The topological polar surface area (TPSA) is 43.4 Å². The third kappa shape index (κ3) is 3.85. The van der Waals surface area contributed by atoms with E-state index < -0.39 is 17.9 Å². The Hall–Kier alpha value is -1.37. The Kier molecular flexibility index (Phi) is 4.28.